The molecule has 0 bridgehead atoms. The van der Waals surface area contributed by atoms with E-state index in [1.54, 1.807) is 20.8 Å². The Morgan fingerprint density at radius 3 is 2.21 bits per heavy atom. The number of hydrogen-bond donors (Lipinski definition) is 2. The number of nitrogens with one attached hydrogen (secondary N) is 1. The third kappa shape index (κ3) is 3.88. The molecule has 0 fully saturated rings. The average Bonchev–Trinajstić information content (AvgIpc) is 2.10. The van der Waals surface area contributed by atoms with Crippen LogP contribution in [0.25, 0.3) is 0 Å². The van der Waals surface area contributed by atoms with Gasteiger partial charge in [0.2, 0.25) is 5.84 Å². The molecule has 0 rings (SSSR count). The van der Waals surface area contributed by atoms with Crippen molar-refractivity contribution in [1.29, 1.82) is 0 Å². The van der Waals surface area contributed by atoms with Gasteiger partial charge < -0.3 is 15.9 Å². The van der Waals surface area contributed by atoms with Crippen LogP contribution in [0.5, 0.6) is 0 Å². The van der Waals surface area contributed by atoms with Crippen LogP contribution in [-0.4, -0.2) is 24.8 Å². The number of oxime groups is 1. The van der Waals surface area contributed by atoms with Gasteiger partial charge in [0.1, 0.15) is 0 Å². The summed E-state index contributed by atoms with van der Waals surface area (Å²) in [4.78, 5) is 26.4. The molecular formula is C8H15N3O3. The first-order chi connectivity index (χ1) is 6.29. The molecule has 0 radical (unpaired) electrons. The molecule has 6 heteroatoms. The van der Waals surface area contributed by atoms with Gasteiger partial charge >= 0.3 is 5.97 Å². The summed E-state index contributed by atoms with van der Waals surface area (Å²) in [6, 6.07) is 0. The standard InChI is InChI=1S/C8H15N3O3/c1-8(2,3)7(13)14-11-5(9)6(12)10-4/h1-4H3,(H2,9,11)(H,10,12). The zero-order valence-corrected chi connectivity index (χ0v) is 8.75. The molecule has 0 aliphatic carbocycles. The predicted octanol–water partition coefficient (Wildman–Crippen LogP) is -0.406. The molecule has 0 unspecified atom stereocenters. The third-order valence-electron chi connectivity index (χ3n) is 1.30. The molecule has 0 spiro atoms. The SMILES string of the molecule is CNC(=O)/C(N)=N\OC(=O)C(C)(C)C. The Balaban J connectivity index is 4.31. The second kappa shape index (κ2) is 4.59. The molecule has 80 valence electrons. The van der Waals surface area contributed by atoms with E-state index in [0.717, 1.165) is 0 Å². The van der Waals surface area contributed by atoms with Crippen LogP contribution in [0.4, 0.5) is 0 Å². The number of carbonyl (C=O) groups excluding carboxylic acids is 2. The second-order valence-corrected chi connectivity index (χ2v) is 3.68. The number of nitrogens with two attached hydrogens (primary N) is 1. The highest BCUT2D eigenvalue weighted by molar-refractivity contribution is 6.37. The lowest BCUT2D eigenvalue weighted by Crippen LogP contribution is -2.34. The van der Waals surface area contributed by atoms with E-state index in [-0.39, 0.29) is 5.84 Å². The van der Waals surface area contributed by atoms with Gasteiger partial charge in [-0.15, -0.1) is 0 Å². The number of carbonyl (C=O) groups is 2. The number of likely N-dealkylation sites (N-methyl/N-ethyl adjacent to an activating group) is 1. The highest BCUT2D eigenvalue weighted by Crippen LogP contribution is 2.14. The maximum absolute atomic E-state index is 11.2. The van der Waals surface area contributed by atoms with Gasteiger partial charge in [0.05, 0.1) is 5.41 Å². The van der Waals surface area contributed by atoms with E-state index in [0.29, 0.717) is 0 Å². The van der Waals surface area contributed by atoms with Crippen LogP contribution in [-0.2, 0) is 14.4 Å². The van der Waals surface area contributed by atoms with Crippen molar-refractivity contribution in [3.63, 3.8) is 0 Å². The van der Waals surface area contributed by atoms with Gasteiger partial charge in [-0.05, 0) is 20.8 Å². The lowest BCUT2D eigenvalue weighted by Gasteiger charge is -2.12. The summed E-state index contributed by atoms with van der Waals surface area (Å²) >= 11 is 0. The topological polar surface area (TPSA) is 93.8 Å². The molecule has 0 heterocycles. The molecular weight excluding hydrogens is 186 g/mol. The Labute approximate surface area is 82.5 Å². The number of rotatable bonds is 1. The first-order valence-electron chi connectivity index (χ1n) is 4.06. The predicted molar refractivity (Wildman–Crippen MR) is 51.2 cm³/mol. The van der Waals surface area contributed by atoms with E-state index in [1.165, 1.54) is 7.05 Å². The van der Waals surface area contributed by atoms with E-state index in [2.05, 4.69) is 15.3 Å². The minimum atomic E-state index is -0.674. The largest absolute Gasteiger partial charge is 0.376 e. The van der Waals surface area contributed by atoms with E-state index in [1.807, 2.05) is 0 Å². The van der Waals surface area contributed by atoms with E-state index < -0.39 is 17.3 Å². The molecule has 0 aliphatic rings. The summed E-state index contributed by atoms with van der Waals surface area (Å²) in [5.74, 6) is -1.53. The average molecular weight is 201 g/mol. The number of amides is 1. The van der Waals surface area contributed by atoms with Crippen LogP contribution >= 0.6 is 0 Å². The van der Waals surface area contributed by atoms with Gasteiger partial charge in [0.25, 0.3) is 5.91 Å². The van der Waals surface area contributed by atoms with Crippen LogP contribution in [0.1, 0.15) is 20.8 Å². The highest BCUT2D eigenvalue weighted by atomic mass is 16.7. The van der Waals surface area contributed by atoms with Gasteiger partial charge in [0.15, 0.2) is 0 Å². The lowest BCUT2D eigenvalue weighted by molar-refractivity contribution is -0.152. The van der Waals surface area contributed by atoms with Crippen LogP contribution in [0.3, 0.4) is 0 Å². The summed E-state index contributed by atoms with van der Waals surface area (Å²) < 4.78 is 0. The Bertz CT molecular complexity index is 265. The smallest absolute Gasteiger partial charge is 0.340 e. The third-order valence-corrected chi connectivity index (χ3v) is 1.30. The van der Waals surface area contributed by atoms with Gasteiger partial charge in [-0.25, -0.2) is 4.79 Å². The zero-order chi connectivity index (χ0) is 11.4. The fourth-order valence-electron chi connectivity index (χ4n) is 0.397. The summed E-state index contributed by atoms with van der Waals surface area (Å²) in [5, 5.41) is 5.44. The van der Waals surface area contributed by atoms with Crippen molar-refractivity contribution in [3.05, 3.63) is 0 Å². The maximum Gasteiger partial charge on any atom is 0.340 e. The van der Waals surface area contributed by atoms with Crippen molar-refractivity contribution in [1.82, 2.24) is 5.32 Å². The molecule has 0 saturated heterocycles. The maximum atomic E-state index is 11.2. The lowest BCUT2D eigenvalue weighted by atomic mass is 9.98. The quantitative estimate of drug-likeness (QED) is 0.261. The zero-order valence-electron chi connectivity index (χ0n) is 8.75. The Hall–Kier alpha value is -1.59. The van der Waals surface area contributed by atoms with Crippen LogP contribution in [0.15, 0.2) is 5.16 Å². The van der Waals surface area contributed by atoms with Crippen LogP contribution in [0.2, 0.25) is 0 Å². The molecule has 0 atom stereocenters. The second-order valence-electron chi connectivity index (χ2n) is 3.68. The minimum absolute atomic E-state index is 0.384. The van der Waals surface area contributed by atoms with Crippen LogP contribution in [0, 0.1) is 5.41 Å². The Morgan fingerprint density at radius 1 is 1.36 bits per heavy atom. The minimum Gasteiger partial charge on any atom is -0.376 e. The van der Waals surface area contributed by atoms with E-state index in [9.17, 15) is 9.59 Å². The van der Waals surface area contributed by atoms with Gasteiger partial charge in [-0.2, -0.15) is 0 Å². The fraction of sp³-hybridized carbons (Fsp3) is 0.625. The molecule has 0 aromatic heterocycles. The molecule has 0 aromatic rings. The fourth-order valence-corrected chi connectivity index (χ4v) is 0.397. The summed E-state index contributed by atoms with van der Waals surface area (Å²) in [6.07, 6.45) is 0. The first kappa shape index (κ1) is 12.4. The first-order valence-corrected chi connectivity index (χ1v) is 4.06. The van der Waals surface area contributed by atoms with Gasteiger partial charge in [0, 0.05) is 7.05 Å². The van der Waals surface area contributed by atoms with E-state index >= 15 is 0 Å². The number of amidine groups is 1. The molecule has 6 nitrogen and oxygen atoms in total. The van der Waals surface area contributed by atoms with Crippen molar-refractivity contribution in [2.45, 2.75) is 20.8 Å². The summed E-state index contributed by atoms with van der Waals surface area (Å²) in [5.41, 5.74) is 4.51. The van der Waals surface area contributed by atoms with Gasteiger partial charge in [-0.3, -0.25) is 4.79 Å². The Kier molecular flexibility index (Phi) is 4.07. The molecule has 3 N–H and O–H groups in total. The summed E-state index contributed by atoms with van der Waals surface area (Å²) in [6.45, 7) is 5.00. The van der Waals surface area contributed by atoms with Crippen molar-refractivity contribution in [2.24, 2.45) is 16.3 Å². The van der Waals surface area contributed by atoms with Gasteiger partial charge in [-0.1, -0.05) is 5.16 Å². The van der Waals surface area contributed by atoms with Crippen molar-refractivity contribution in [2.75, 3.05) is 7.05 Å². The van der Waals surface area contributed by atoms with E-state index in [4.69, 9.17) is 5.73 Å². The molecule has 0 aliphatic heterocycles. The Morgan fingerprint density at radius 2 is 1.86 bits per heavy atom. The monoisotopic (exact) mass is 201 g/mol. The number of nitrogens with zero attached hydrogens (tertiary/aromatic N) is 1. The normalized spacial score (nSPS) is 12.1. The molecule has 0 aromatic carbocycles. The molecule has 1 amide bonds. The van der Waals surface area contributed by atoms with Crippen LogP contribution < -0.4 is 11.1 Å². The van der Waals surface area contributed by atoms with Crippen molar-refractivity contribution < 1.29 is 14.4 Å². The summed E-state index contributed by atoms with van der Waals surface area (Å²) in [7, 11) is 1.40. The number of hydrogen-bond acceptors (Lipinski definition) is 4. The van der Waals surface area contributed by atoms with Crippen molar-refractivity contribution in [3.8, 4) is 0 Å². The molecule has 14 heavy (non-hydrogen) atoms. The van der Waals surface area contributed by atoms with Crippen molar-refractivity contribution >= 4 is 17.7 Å². The molecule has 0 saturated carbocycles. The highest BCUT2D eigenvalue weighted by Gasteiger charge is 2.23.